The number of primary amides is 1. The van der Waals surface area contributed by atoms with Gasteiger partial charge in [-0.2, -0.15) is 8.42 Å². The molecular weight excluding hydrogens is 478 g/mol. The van der Waals surface area contributed by atoms with E-state index in [9.17, 15) is 22.0 Å². The summed E-state index contributed by atoms with van der Waals surface area (Å²) in [6.07, 6.45) is 1.03. The molecule has 0 bridgehead atoms. The van der Waals surface area contributed by atoms with E-state index in [1.54, 1.807) is 49.4 Å². The first kappa shape index (κ1) is 27.9. The van der Waals surface area contributed by atoms with Gasteiger partial charge < -0.3 is 15.8 Å². The van der Waals surface area contributed by atoms with E-state index >= 15 is 0 Å². The molecule has 0 saturated heterocycles. The van der Waals surface area contributed by atoms with Crippen LogP contribution in [0, 0.1) is 11.6 Å². The van der Waals surface area contributed by atoms with Gasteiger partial charge in [0.05, 0.1) is 12.3 Å². The van der Waals surface area contributed by atoms with Crippen LogP contribution in [0.5, 0.6) is 5.75 Å². The van der Waals surface area contributed by atoms with Gasteiger partial charge in [0.15, 0.2) is 0 Å². The molecule has 0 heterocycles. The monoisotopic (exact) mass is 506 g/mol. The lowest BCUT2D eigenvalue weighted by Crippen LogP contribution is -2.38. The largest absolute Gasteiger partial charge is 0.489 e. The molecular formula is C25H28F2N2O5S. The number of ether oxygens (including phenoxy) is 1. The van der Waals surface area contributed by atoms with Crippen molar-refractivity contribution in [3.8, 4) is 5.75 Å². The van der Waals surface area contributed by atoms with E-state index in [1.807, 2.05) is 12.1 Å². The van der Waals surface area contributed by atoms with Crippen molar-refractivity contribution in [2.75, 3.05) is 6.26 Å². The van der Waals surface area contributed by atoms with E-state index in [0.29, 0.717) is 36.1 Å². The summed E-state index contributed by atoms with van der Waals surface area (Å²) in [4.78, 5) is 11.2. The van der Waals surface area contributed by atoms with Gasteiger partial charge in [0.25, 0.3) is 10.1 Å². The SMILES string of the molecule is CS(=O)(=O)O.C[C@H](NCc1ccc(OCc2ccccc2F)c(Cc2ccccc2F)c1)C(N)=O. The number of halogens is 2. The lowest BCUT2D eigenvalue weighted by molar-refractivity contribution is -0.119. The zero-order valence-corrected chi connectivity index (χ0v) is 20.2. The molecule has 0 aliphatic rings. The molecule has 188 valence electrons. The molecule has 3 aromatic rings. The van der Waals surface area contributed by atoms with Crippen LogP contribution in [0.3, 0.4) is 0 Å². The van der Waals surface area contributed by atoms with Gasteiger partial charge in [-0.1, -0.05) is 48.5 Å². The summed E-state index contributed by atoms with van der Waals surface area (Å²) in [7, 11) is -3.67. The van der Waals surface area contributed by atoms with Gasteiger partial charge in [-0.25, -0.2) is 8.78 Å². The Bertz CT molecular complexity index is 1240. The molecule has 0 spiro atoms. The third-order valence-corrected chi connectivity index (χ3v) is 4.84. The fourth-order valence-corrected chi connectivity index (χ4v) is 3.01. The van der Waals surface area contributed by atoms with Crippen molar-refractivity contribution in [3.05, 3.63) is 101 Å². The number of nitrogens with two attached hydrogens (primary N) is 1. The van der Waals surface area contributed by atoms with Crippen LogP contribution in [0.4, 0.5) is 8.78 Å². The van der Waals surface area contributed by atoms with Crippen molar-refractivity contribution in [2.24, 2.45) is 5.73 Å². The van der Waals surface area contributed by atoms with Crippen molar-refractivity contribution in [1.29, 1.82) is 0 Å². The molecule has 35 heavy (non-hydrogen) atoms. The number of nitrogens with one attached hydrogen (secondary N) is 1. The van der Waals surface area contributed by atoms with Crippen molar-refractivity contribution in [1.82, 2.24) is 5.32 Å². The maximum Gasteiger partial charge on any atom is 0.261 e. The maximum atomic E-state index is 14.2. The molecule has 7 nitrogen and oxygen atoms in total. The molecule has 1 atom stereocenters. The highest BCUT2D eigenvalue weighted by atomic mass is 32.2. The molecule has 0 aromatic heterocycles. The Labute approximate surface area is 203 Å². The Kier molecular flexibility index (Phi) is 10.3. The van der Waals surface area contributed by atoms with Gasteiger partial charge in [0.1, 0.15) is 24.0 Å². The zero-order chi connectivity index (χ0) is 26.0. The summed E-state index contributed by atoms with van der Waals surface area (Å²) in [5, 5.41) is 3.05. The van der Waals surface area contributed by atoms with Crippen LogP contribution in [-0.2, 0) is 34.5 Å². The third-order valence-electron chi connectivity index (χ3n) is 4.84. The molecule has 0 saturated carbocycles. The normalized spacial score (nSPS) is 11.8. The standard InChI is InChI=1S/C24H24F2N2O2.CH4O3S/c1-16(24(27)29)28-14-17-10-11-23(30-15-19-7-3-5-9-22(19)26)20(12-17)13-18-6-2-4-8-21(18)25;1-5(2,3)4/h2-12,16,28H,13-15H2,1H3,(H2,27,29);1H3,(H,2,3,4)/t16-;/m0./s1. The van der Waals surface area contributed by atoms with Crippen LogP contribution in [-0.4, -0.2) is 31.2 Å². The molecule has 0 radical (unpaired) electrons. The predicted molar refractivity (Wildman–Crippen MR) is 129 cm³/mol. The highest BCUT2D eigenvalue weighted by Crippen LogP contribution is 2.26. The van der Waals surface area contributed by atoms with E-state index in [2.05, 4.69) is 5.32 Å². The Morgan fingerprint density at radius 2 is 1.54 bits per heavy atom. The van der Waals surface area contributed by atoms with E-state index in [-0.39, 0.29) is 18.2 Å². The Hall–Kier alpha value is -3.34. The number of hydrogen-bond acceptors (Lipinski definition) is 5. The lowest BCUT2D eigenvalue weighted by atomic mass is 10.0. The molecule has 3 aromatic carbocycles. The zero-order valence-electron chi connectivity index (χ0n) is 19.4. The maximum absolute atomic E-state index is 14.2. The second kappa shape index (κ2) is 12.9. The number of hydrogen-bond donors (Lipinski definition) is 3. The van der Waals surface area contributed by atoms with Crippen LogP contribution in [0.1, 0.15) is 29.2 Å². The summed E-state index contributed by atoms with van der Waals surface area (Å²) in [6, 6.07) is 18.0. The van der Waals surface area contributed by atoms with Crippen LogP contribution < -0.4 is 15.8 Å². The first-order chi connectivity index (χ1) is 16.4. The molecule has 3 rings (SSSR count). The minimum Gasteiger partial charge on any atom is -0.489 e. The number of amides is 1. The van der Waals surface area contributed by atoms with Crippen molar-refractivity contribution >= 4 is 16.0 Å². The summed E-state index contributed by atoms with van der Waals surface area (Å²) >= 11 is 0. The van der Waals surface area contributed by atoms with E-state index in [0.717, 1.165) is 11.1 Å². The quantitative estimate of drug-likeness (QED) is 0.382. The second-order valence-corrected chi connectivity index (χ2v) is 9.29. The van der Waals surface area contributed by atoms with E-state index in [1.165, 1.54) is 12.1 Å². The molecule has 10 heteroatoms. The Morgan fingerprint density at radius 3 is 2.09 bits per heavy atom. The minimum absolute atomic E-state index is 0.0627. The lowest BCUT2D eigenvalue weighted by Gasteiger charge is -2.16. The Morgan fingerprint density at radius 1 is 1.00 bits per heavy atom. The van der Waals surface area contributed by atoms with Gasteiger partial charge in [-0.05, 0) is 41.8 Å². The number of benzene rings is 3. The highest BCUT2D eigenvalue weighted by Gasteiger charge is 2.12. The molecule has 1 amide bonds. The number of carbonyl (C=O) groups excluding carboxylic acids is 1. The van der Waals surface area contributed by atoms with Crippen LogP contribution in [0.25, 0.3) is 0 Å². The van der Waals surface area contributed by atoms with E-state index < -0.39 is 22.1 Å². The van der Waals surface area contributed by atoms with Gasteiger partial charge in [-0.15, -0.1) is 0 Å². The average Bonchev–Trinajstić information content (AvgIpc) is 2.78. The first-order valence-corrected chi connectivity index (χ1v) is 12.5. The summed E-state index contributed by atoms with van der Waals surface area (Å²) in [5.41, 5.74) is 7.92. The predicted octanol–water partition coefficient (Wildman–Crippen LogP) is 3.60. The average molecular weight is 507 g/mol. The fourth-order valence-electron chi connectivity index (χ4n) is 3.01. The molecule has 0 aliphatic heterocycles. The summed E-state index contributed by atoms with van der Waals surface area (Å²) in [5.74, 6) is -0.530. The van der Waals surface area contributed by atoms with Crippen molar-refractivity contribution in [2.45, 2.75) is 32.5 Å². The van der Waals surface area contributed by atoms with Gasteiger partial charge in [0, 0.05) is 18.5 Å². The first-order valence-electron chi connectivity index (χ1n) is 10.6. The minimum atomic E-state index is -3.67. The van der Waals surface area contributed by atoms with Crippen LogP contribution in [0.2, 0.25) is 0 Å². The van der Waals surface area contributed by atoms with Crippen LogP contribution >= 0.6 is 0 Å². The number of carbonyl (C=O) groups is 1. The van der Waals surface area contributed by atoms with Gasteiger partial charge >= 0.3 is 0 Å². The fraction of sp³-hybridized carbons (Fsp3) is 0.240. The summed E-state index contributed by atoms with van der Waals surface area (Å²) in [6.45, 7) is 2.17. The molecule has 0 fully saturated rings. The smallest absolute Gasteiger partial charge is 0.261 e. The van der Waals surface area contributed by atoms with Crippen LogP contribution in [0.15, 0.2) is 66.7 Å². The van der Waals surface area contributed by atoms with Gasteiger partial charge in [-0.3, -0.25) is 9.35 Å². The summed E-state index contributed by atoms with van der Waals surface area (Å²) < 4.78 is 59.9. The van der Waals surface area contributed by atoms with Crippen molar-refractivity contribution in [3.63, 3.8) is 0 Å². The Balaban J connectivity index is 0.000000784. The van der Waals surface area contributed by atoms with Gasteiger partial charge in [0.2, 0.25) is 5.91 Å². The molecule has 0 aliphatic carbocycles. The number of rotatable bonds is 9. The topological polar surface area (TPSA) is 119 Å². The molecule has 4 N–H and O–H groups in total. The van der Waals surface area contributed by atoms with E-state index in [4.69, 9.17) is 15.0 Å². The van der Waals surface area contributed by atoms with Crippen molar-refractivity contribution < 1.29 is 31.3 Å². The molecule has 0 unspecified atom stereocenters. The third kappa shape index (κ3) is 10.2. The highest BCUT2D eigenvalue weighted by molar-refractivity contribution is 7.85. The second-order valence-electron chi connectivity index (χ2n) is 7.83.